The highest BCUT2D eigenvalue weighted by molar-refractivity contribution is 6.29. The van der Waals surface area contributed by atoms with Gasteiger partial charge in [0.1, 0.15) is 0 Å². The van der Waals surface area contributed by atoms with E-state index in [0.29, 0.717) is 17.0 Å². The third kappa shape index (κ3) is 3.11. The molecule has 152 valence electrons. The van der Waals surface area contributed by atoms with Gasteiger partial charge in [0.25, 0.3) is 0 Å². The molecule has 1 aliphatic carbocycles. The average molecular weight is 420 g/mol. The molecule has 2 aliphatic rings. The van der Waals surface area contributed by atoms with Crippen LogP contribution in [0.4, 0.5) is 5.69 Å². The number of benzene rings is 1. The summed E-state index contributed by atoms with van der Waals surface area (Å²) < 4.78 is 7.33. The Hall–Kier alpha value is -2.70. The zero-order valence-corrected chi connectivity index (χ0v) is 17.3. The highest BCUT2D eigenvalue weighted by Crippen LogP contribution is 2.47. The zero-order valence-electron chi connectivity index (χ0n) is 16.5. The molecule has 1 aromatic carbocycles. The van der Waals surface area contributed by atoms with Gasteiger partial charge >= 0.3 is 0 Å². The molecule has 3 aromatic heterocycles. The highest BCUT2D eigenvalue weighted by Gasteiger charge is 2.34. The van der Waals surface area contributed by atoms with Crippen LogP contribution in [-0.2, 0) is 4.74 Å². The van der Waals surface area contributed by atoms with Gasteiger partial charge in [-0.15, -0.1) is 0 Å². The Morgan fingerprint density at radius 1 is 0.933 bits per heavy atom. The van der Waals surface area contributed by atoms with Crippen LogP contribution in [0.1, 0.15) is 36.1 Å². The summed E-state index contributed by atoms with van der Waals surface area (Å²) in [5.41, 5.74) is 5.26. The summed E-state index contributed by atoms with van der Waals surface area (Å²) in [5.74, 6) is 0.918. The van der Waals surface area contributed by atoms with Crippen LogP contribution in [0.5, 0.6) is 0 Å². The summed E-state index contributed by atoms with van der Waals surface area (Å²) in [5, 5.41) is 6.13. The summed E-state index contributed by atoms with van der Waals surface area (Å²) in [6, 6.07) is 14.6. The Kier molecular flexibility index (Phi) is 4.35. The van der Waals surface area contributed by atoms with Crippen molar-refractivity contribution in [2.45, 2.75) is 24.7 Å². The molecule has 1 aliphatic heterocycles. The second kappa shape index (κ2) is 7.22. The number of morpholine rings is 1. The Morgan fingerprint density at radius 3 is 2.60 bits per heavy atom. The normalized spacial score (nSPS) is 21.8. The van der Waals surface area contributed by atoms with E-state index in [0.717, 1.165) is 61.7 Å². The van der Waals surface area contributed by atoms with Crippen LogP contribution in [0.3, 0.4) is 0 Å². The van der Waals surface area contributed by atoms with E-state index in [1.165, 1.54) is 11.1 Å². The van der Waals surface area contributed by atoms with Gasteiger partial charge in [-0.05, 0) is 25.0 Å². The molecule has 4 aromatic rings. The predicted molar refractivity (Wildman–Crippen MR) is 117 cm³/mol. The number of anilines is 1. The summed E-state index contributed by atoms with van der Waals surface area (Å²) >= 11 is 6.30. The maximum absolute atomic E-state index is 6.30. The molecule has 0 N–H and O–H groups in total. The van der Waals surface area contributed by atoms with Crippen molar-refractivity contribution >= 4 is 33.8 Å². The number of ether oxygens (including phenoxy) is 1. The maximum atomic E-state index is 6.30. The van der Waals surface area contributed by atoms with Crippen LogP contribution in [0.15, 0.2) is 48.7 Å². The molecule has 30 heavy (non-hydrogen) atoms. The number of imidazole rings is 1. The molecule has 4 heterocycles. The summed E-state index contributed by atoms with van der Waals surface area (Å²) in [6.45, 7) is 3.14. The molecule has 0 unspecified atom stereocenters. The lowest BCUT2D eigenvalue weighted by molar-refractivity contribution is 0.123. The number of hydrogen-bond donors (Lipinski definition) is 0. The van der Waals surface area contributed by atoms with Gasteiger partial charge in [-0.25, -0.2) is 9.50 Å². The van der Waals surface area contributed by atoms with Crippen LogP contribution >= 0.6 is 11.6 Å². The number of para-hydroxylation sites is 1. The summed E-state index contributed by atoms with van der Waals surface area (Å²) in [4.78, 5) is 12.1. The first-order valence-corrected chi connectivity index (χ1v) is 10.9. The van der Waals surface area contributed by atoms with Gasteiger partial charge in [-0.2, -0.15) is 5.10 Å². The van der Waals surface area contributed by atoms with Gasteiger partial charge in [0, 0.05) is 42.1 Å². The van der Waals surface area contributed by atoms with Crippen LogP contribution in [0, 0.1) is 0 Å². The Morgan fingerprint density at radius 2 is 1.73 bits per heavy atom. The molecule has 6 rings (SSSR count). The molecule has 1 saturated carbocycles. The Labute approximate surface area is 179 Å². The van der Waals surface area contributed by atoms with Gasteiger partial charge in [0.15, 0.2) is 10.8 Å². The lowest BCUT2D eigenvalue weighted by Gasteiger charge is -2.33. The van der Waals surface area contributed by atoms with Crippen molar-refractivity contribution in [2.75, 3.05) is 31.2 Å². The van der Waals surface area contributed by atoms with E-state index in [1.54, 1.807) is 0 Å². The minimum absolute atomic E-state index is 0.432. The van der Waals surface area contributed by atoms with Crippen molar-refractivity contribution in [3.63, 3.8) is 0 Å². The fraction of sp³-hybridized carbons (Fsp3) is 0.348. The highest BCUT2D eigenvalue weighted by atomic mass is 35.5. The van der Waals surface area contributed by atoms with Crippen LogP contribution < -0.4 is 4.90 Å². The molecule has 2 fully saturated rings. The molecule has 0 spiro atoms. The number of pyridine rings is 1. The largest absolute Gasteiger partial charge is 0.378 e. The lowest BCUT2D eigenvalue weighted by Crippen LogP contribution is -2.36. The fourth-order valence-electron chi connectivity index (χ4n) is 4.59. The van der Waals surface area contributed by atoms with E-state index in [2.05, 4.69) is 40.3 Å². The van der Waals surface area contributed by atoms with Crippen LogP contribution in [-0.4, -0.2) is 45.9 Å². The lowest BCUT2D eigenvalue weighted by atomic mass is 9.71. The molecular weight excluding hydrogens is 398 g/mol. The van der Waals surface area contributed by atoms with Crippen molar-refractivity contribution in [3.05, 3.63) is 65.2 Å². The second-order valence-electron chi connectivity index (χ2n) is 8.18. The smallest absolute Gasteiger partial charge is 0.177 e. The van der Waals surface area contributed by atoms with Gasteiger partial charge in [0.05, 0.1) is 36.3 Å². The number of fused-ring (bicyclic) bond motifs is 2. The van der Waals surface area contributed by atoms with Crippen LogP contribution in [0.2, 0.25) is 5.15 Å². The summed E-state index contributed by atoms with van der Waals surface area (Å²) in [7, 11) is 0. The average Bonchev–Trinajstić information content (AvgIpc) is 3.16. The first-order chi connectivity index (χ1) is 14.7. The number of aromatic nitrogens is 4. The molecule has 1 saturated heterocycles. The molecule has 0 atom stereocenters. The maximum Gasteiger partial charge on any atom is 0.177 e. The predicted octanol–water partition coefficient (Wildman–Crippen LogP) is 4.43. The fourth-order valence-corrected chi connectivity index (χ4v) is 4.78. The standard InChI is InChI=1S/C23H22ClN5O/c24-22-13-21(28-7-9-30-10-8-28)23-26-20(14-29(23)27-22)17-11-16(12-17)19-6-5-15-3-1-2-4-18(15)25-19/h1-6,13-14,16-17H,7-12H2/t16-,17-. The minimum atomic E-state index is 0.432. The van der Waals surface area contributed by atoms with Crippen molar-refractivity contribution in [2.24, 2.45) is 0 Å². The first-order valence-electron chi connectivity index (χ1n) is 10.5. The number of halogens is 1. The number of hydrogen-bond acceptors (Lipinski definition) is 5. The van der Waals surface area contributed by atoms with Crippen molar-refractivity contribution in [3.8, 4) is 0 Å². The first kappa shape index (κ1) is 18.1. The van der Waals surface area contributed by atoms with E-state index < -0.39 is 0 Å². The zero-order chi connectivity index (χ0) is 20.1. The third-order valence-corrected chi connectivity index (χ3v) is 6.53. The van der Waals surface area contributed by atoms with E-state index in [-0.39, 0.29) is 0 Å². The third-order valence-electron chi connectivity index (χ3n) is 6.34. The quantitative estimate of drug-likeness (QED) is 0.491. The van der Waals surface area contributed by atoms with Crippen molar-refractivity contribution in [1.82, 2.24) is 19.6 Å². The number of nitrogens with zero attached hydrogens (tertiary/aromatic N) is 5. The van der Waals surface area contributed by atoms with E-state index >= 15 is 0 Å². The monoisotopic (exact) mass is 419 g/mol. The Bertz CT molecular complexity index is 1230. The van der Waals surface area contributed by atoms with E-state index in [4.69, 9.17) is 26.3 Å². The van der Waals surface area contributed by atoms with Gasteiger partial charge in [-0.3, -0.25) is 4.98 Å². The molecule has 6 nitrogen and oxygen atoms in total. The molecular formula is C23H22ClN5O. The van der Waals surface area contributed by atoms with Gasteiger partial charge < -0.3 is 9.64 Å². The van der Waals surface area contributed by atoms with Gasteiger partial charge in [-0.1, -0.05) is 35.9 Å². The SMILES string of the molecule is Clc1cc(N2CCOCC2)c2nc([C@H]3C[C@H](c4ccc5ccccc5n4)C3)cn2n1. The second-order valence-corrected chi connectivity index (χ2v) is 8.57. The van der Waals surface area contributed by atoms with Gasteiger partial charge in [0.2, 0.25) is 0 Å². The van der Waals surface area contributed by atoms with Crippen molar-refractivity contribution < 1.29 is 4.74 Å². The van der Waals surface area contributed by atoms with Crippen molar-refractivity contribution in [1.29, 1.82) is 0 Å². The Balaban J connectivity index is 1.26. The van der Waals surface area contributed by atoms with E-state index in [9.17, 15) is 0 Å². The summed E-state index contributed by atoms with van der Waals surface area (Å²) in [6.07, 6.45) is 4.17. The number of rotatable bonds is 3. The molecule has 7 heteroatoms. The van der Waals surface area contributed by atoms with Crippen LogP contribution in [0.25, 0.3) is 16.6 Å². The molecule has 0 bridgehead atoms. The van der Waals surface area contributed by atoms with E-state index in [1.807, 2.05) is 22.8 Å². The molecule has 0 radical (unpaired) electrons. The topological polar surface area (TPSA) is 55.5 Å². The molecule has 0 amide bonds. The minimum Gasteiger partial charge on any atom is -0.378 e.